The van der Waals surface area contributed by atoms with Gasteiger partial charge in [0.05, 0.1) is 73.4 Å². The van der Waals surface area contributed by atoms with Gasteiger partial charge in [-0.25, -0.2) is 37.8 Å². The molecule has 0 saturated heterocycles. The van der Waals surface area contributed by atoms with Crippen LogP contribution in [0.25, 0.3) is 189 Å². The first kappa shape index (κ1) is 84.5. The fraction of sp³-hybridized carbons (Fsp3) is 0.206. The van der Waals surface area contributed by atoms with E-state index in [2.05, 4.69) is 364 Å². The van der Waals surface area contributed by atoms with Gasteiger partial charge in [-0.2, -0.15) is 28.2 Å². The standard InChI is InChI=1S/C24H25N4O.C23H22N3O2.C22H20N3O2.C22H20N3OS.C16H14N3O2/c1-14-10-11-18-21-23(25-17(4)27(21)6)29-22(18)19(14)24-26(5)12-13-28(24)20-15(2)8-7-9-16(20)3;1-13-9-10-17-20(28-22-21(17)27-16(4)24-22)18(13)23-25(5)11-12-26(23)19-14(2)7-6-8-15(19)3;2*1-13-7-5-6-8-17(13)25-12-11-24(4)21(25)18-14(2)9-10-16-19-22(27-20(16)18)26-15(3)23-19;1-9-7-12-13(21-16-14(12)18-10(2)20-16)8-11(9)15-17-5-4-6-19(15)3/h7-13H,1-6H3;6-12H,1-5H3;2*5-12H,1-4H3;4-8H,1-3H3/q5*+1. The Bertz CT molecular complexity index is 8490. The summed E-state index contributed by atoms with van der Waals surface area (Å²) in [7, 11) is 12.3. The zero-order valence-electron chi connectivity index (χ0n) is 78.0. The van der Waals surface area contributed by atoms with Crippen molar-refractivity contribution in [3.63, 3.8) is 0 Å². The third-order valence-electron chi connectivity index (χ3n) is 25.3. The Labute approximate surface area is 764 Å². The van der Waals surface area contributed by atoms with E-state index in [1.165, 1.54) is 71.8 Å². The van der Waals surface area contributed by atoms with Crippen LogP contribution in [0.4, 0.5) is 0 Å². The number of aromatic nitrogens is 16. The molecule has 0 aliphatic heterocycles. The molecule has 0 bridgehead atoms. The van der Waals surface area contributed by atoms with E-state index in [4.69, 9.17) is 35.3 Å². The molecule has 9 aromatic carbocycles. The lowest BCUT2D eigenvalue weighted by molar-refractivity contribution is -0.663. The summed E-state index contributed by atoms with van der Waals surface area (Å²) < 4.78 is 70.1. The maximum atomic E-state index is 6.34. The molecule has 658 valence electrons. The lowest BCUT2D eigenvalue weighted by Crippen LogP contribution is -2.31. The molecule has 15 heterocycles. The van der Waals surface area contributed by atoms with Gasteiger partial charge in [-0.3, -0.25) is 0 Å². The van der Waals surface area contributed by atoms with Crippen LogP contribution in [-0.2, 0) is 42.3 Å². The molecule has 24 nitrogen and oxygen atoms in total. The maximum Gasteiger partial charge on any atom is 0.330 e. The molecule has 0 N–H and O–H groups in total. The van der Waals surface area contributed by atoms with Crippen molar-refractivity contribution >= 4 is 121 Å². The van der Waals surface area contributed by atoms with E-state index in [-0.39, 0.29) is 0 Å². The highest BCUT2D eigenvalue weighted by Gasteiger charge is 2.35. The van der Waals surface area contributed by atoms with Gasteiger partial charge >= 0.3 is 17.4 Å². The lowest BCUT2D eigenvalue weighted by Gasteiger charge is -2.10. The first-order valence-electron chi connectivity index (χ1n) is 43.9. The Hall–Kier alpha value is -15.6. The minimum atomic E-state index is 0.476. The van der Waals surface area contributed by atoms with E-state index in [0.29, 0.717) is 52.1 Å². The number of rotatable bonds is 9. The van der Waals surface area contributed by atoms with Gasteiger partial charge in [-0.05, 0) is 192 Å². The van der Waals surface area contributed by atoms with Crippen molar-refractivity contribution in [2.45, 2.75) is 111 Å². The third-order valence-corrected chi connectivity index (χ3v) is 26.4. The molecule has 0 aliphatic rings. The molecule has 25 heteroatoms. The number of benzene rings is 9. The maximum absolute atomic E-state index is 6.34. The average Bonchev–Trinajstić information content (AvgIpc) is 1.58. The van der Waals surface area contributed by atoms with Gasteiger partial charge in [0.15, 0.2) is 51.3 Å². The fourth-order valence-electron chi connectivity index (χ4n) is 18.8. The Morgan fingerprint density at radius 3 is 1.31 bits per heavy atom. The summed E-state index contributed by atoms with van der Waals surface area (Å²) in [5.74, 6) is 9.74. The normalized spacial score (nSPS) is 11.7. The number of oxazole rings is 4. The van der Waals surface area contributed by atoms with Crippen LogP contribution in [0.3, 0.4) is 0 Å². The number of hydrogen-bond acceptors (Lipinski definition) is 15. The van der Waals surface area contributed by atoms with E-state index in [1.54, 1.807) is 17.5 Å². The molecule has 0 fully saturated rings. The van der Waals surface area contributed by atoms with Gasteiger partial charge in [0.1, 0.15) is 118 Å². The summed E-state index contributed by atoms with van der Waals surface area (Å²) in [6.45, 7) is 32.9. The Morgan fingerprint density at radius 2 is 0.758 bits per heavy atom. The van der Waals surface area contributed by atoms with Gasteiger partial charge in [0.25, 0.3) is 29.0 Å². The quantitative estimate of drug-likeness (QED) is 0.123. The van der Waals surface area contributed by atoms with E-state index < -0.39 is 0 Å². The molecule has 0 saturated carbocycles. The summed E-state index contributed by atoms with van der Waals surface area (Å²) in [5.41, 5.74) is 32.3. The molecule has 24 rings (SSSR count). The molecular weight excluding hydrogens is 1670 g/mol. The van der Waals surface area contributed by atoms with Crippen molar-refractivity contribution in [2.24, 2.45) is 42.3 Å². The molecule has 0 unspecified atom stereocenters. The number of nitrogens with zero attached hydrogens (tertiary/aromatic N) is 16. The van der Waals surface area contributed by atoms with Crippen LogP contribution in [0.2, 0.25) is 0 Å². The monoisotopic (exact) mass is 1770 g/mol. The lowest BCUT2D eigenvalue weighted by atomic mass is 10.0. The van der Waals surface area contributed by atoms with Gasteiger partial charge < -0.3 is 39.9 Å². The highest BCUT2D eigenvalue weighted by molar-refractivity contribution is 7.25. The summed E-state index contributed by atoms with van der Waals surface area (Å²) in [6.07, 6.45) is 20.6. The molecule has 24 aromatic rings. The van der Waals surface area contributed by atoms with E-state index >= 15 is 0 Å². The molecule has 15 aromatic heterocycles. The predicted octanol–water partition coefficient (Wildman–Crippen LogP) is 23.0. The smallest absolute Gasteiger partial charge is 0.330 e. The number of fused-ring (bicyclic) bond motifs is 15. The molecule has 132 heavy (non-hydrogen) atoms. The first-order valence-corrected chi connectivity index (χ1v) is 44.8. The zero-order valence-corrected chi connectivity index (χ0v) is 78.9. The topological polar surface area (TPSA) is 227 Å². The minimum absolute atomic E-state index is 0.476. The van der Waals surface area contributed by atoms with Gasteiger partial charge in [0, 0.05) is 51.6 Å². The molecule has 0 aliphatic carbocycles. The van der Waals surface area contributed by atoms with Crippen LogP contribution < -0.4 is 22.8 Å². The van der Waals surface area contributed by atoms with Crippen LogP contribution in [0.1, 0.15) is 90.6 Å². The summed E-state index contributed by atoms with van der Waals surface area (Å²) in [4.78, 5) is 27.8. The number of para-hydroxylation sites is 4. The van der Waals surface area contributed by atoms with Crippen LogP contribution >= 0.6 is 11.3 Å². The van der Waals surface area contributed by atoms with Crippen LogP contribution in [-0.4, -0.2) is 52.7 Å². The molecular formula is C107H101N16O8S+5. The number of furan rings is 4. The van der Waals surface area contributed by atoms with Crippen molar-refractivity contribution in [3.05, 3.63) is 304 Å². The first-order chi connectivity index (χ1) is 63.5. The second kappa shape index (κ2) is 32.8. The second-order valence-electron chi connectivity index (χ2n) is 34.6. The number of aryl methyl sites for hydroxylation is 22. The van der Waals surface area contributed by atoms with Crippen LogP contribution in [0.15, 0.2) is 249 Å². The van der Waals surface area contributed by atoms with E-state index in [0.717, 1.165) is 156 Å². The molecule has 0 spiro atoms. The Balaban J connectivity index is 0.000000103. The van der Waals surface area contributed by atoms with Gasteiger partial charge in [-0.1, -0.05) is 114 Å². The van der Waals surface area contributed by atoms with Crippen LogP contribution in [0, 0.1) is 111 Å². The molecule has 0 atom stereocenters. The Kier molecular flexibility index (Phi) is 21.0. The number of hydrogen-bond donors (Lipinski definition) is 0. The van der Waals surface area contributed by atoms with Crippen molar-refractivity contribution in [2.75, 3.05) is 0 Å². The summed E-state index contributed by atoms with van der Waals surface area (Å²) >= 11 is 1.68. The van der Waals surface area contributed by atoms with Crippen molar-refractivity contribution < 1.29 is 58.2 Å². The van der Waals surface area contributed by atoms with Crippen molar-refractivity contribution in [3.8, 4) is 79.7 Å². The van der Waals surface area contributed by atoms with E-state index in [1.807, 2.05) is 71.6 Å². The van der Waals surface area contributed by atoms with Crippen molar-refractivity contribution in [1.82, 2.24) is 52.7 Å². The fourth-order valence-corrected chi connectivity index (χ4v) is 20.0. The highest BCUT2D eigenvalue weighted by Crippen LogP contribution is 2.46. The average molecular weight is 1770 g/mol. The zero-order chi connectivity index (χ0) is 92.0. The van der Waals surface area contributed by atoms with Gasteiger partial charge in [0.2, 0.25) is 16.2 Å². The highest BCUT2D eigenvalue weighted by atomic mass is 32.1. The predicted molar refractivity (Wildman–Crippen MR) is 515 cm³/mol. The summed E-state index contributed by atoms with van der Waals surface area (Å²) in [5, 5.41) is 5.15. The third kappa shape index (κ3) is 14.2. The molecule has 0 amide bonds. The largest absolute Gasteiger partial charge is 0.437 e. The van der Waals surface area contributed by atoms with Crippen LogP contribution in [0.5, 0.6) is 0 Å². The SMILES string of the molecule is Cc1cccc(C)c1-n1cc[n+](C)c1-c1c(C)ccc2c1oc1nc(C)n(C)c12.Cc1nc2c(o1)oc1c(-c3n(-c4ccccc4C)cc[n+]3C)c(C)ccc12.Cc1nc2c(o1)oc1cc(-c3nccc[n+]3C)c(C)cc12.Cc1nc2c(o1)sc1c(-c3n(-c4ccccc4C)cc[n+]3C)c(C)ccc12.Cc1nc2oc3c(-c4n(-c5c(C)cccc5C)cc[n+]4C)c(C)ccc3c2o1. The second-order valence-corrected chi connectivity index (χ2v) is 35.6. The van der Waals surface area contributed by atoms with E-state index in [9.17, 15) is 0 Å². The van der Waals surface area contributed by atoms with Crippen molar-refractivity contribution in [1.29, 1.82) is 0 Å². The Morgan fingerprint density at radius 1 is 0.318 bits per heavy atom. The molecule has 0 radical (unpaired) electrons. The summed E-state index contributed by atoms with van der Waals surface area (Å²) in [6, 6.07) is 52.7. The number of imidazole rings is 5. The minimum Gasteiger partial charge on any atom is -0.437 e. The van der Waals surface area contributed by atoms with Gasteiger partial charge in [-0.15, -0.1) is 0 Å². The number of thiophene rings is 1.